The quantitative estimate of drug-likeness (QED) is 0.107. The van der Waals surface area contributed by atoms with E-state index in [-0.39, 0.29) is 25.0 Å². The maximum atomic E-state index is 12.7. The van der Waals surface area contributed by atoms with Crippen molar-refractivity contribution in [3.8, 4) is 0 Å². The number of aromatic nitrogens is 2. The predicted octanol–water partition coefficient (Wildman–Crippen LogP) is -3.51. The Bertz CT molecular complexity index is 895. The number of imidazole rings is 1. The number of hydrogen-bond acceptors (Lipinski definition) is 9. The summed E-state index contributed by atoms with van der Waals surface area (Å²) in [6.07, 6.45) is 1.47. The van der Waals surface area contributed by atoms with E-state index in [1.807, 2.05) is 0 Å². The number of carboxylic acids is 2. The van der Waals surface area contributed by atoms with Crippen molar-refractivity contribution in [2.45, 2.75) is 49.9 Å². The van der Waals surface area contributed by atoms with Crippen molar-refractivity contribution in [2.24, 2.45) is 11.5 Å². The molecule has 1 rings (SSSR count). The zero-order chi connectivity index (χ0) is 25.8. The Morgan fingerprint density at radius 3 is 2.09 bits per heavy atom. The molecule has 0 fully saturated rings. The van der Waals surface area contributed by atoms with Crippen molar-refractivity contribution < 1.29 is 39.0 Å². The van der Waals surface area contributed by atoms with Crippen molar-refractivity contribution >= 4 is 48.2 Å². The van der Waals surface area contributed by atoms with Crippen LogP contribution in [0, 0.1) is 0 Å². The molecular weight excluding hydrogens is 474 g/mol. The first-order valence-corrected chi connectivity index (χ1v) is 10.6. The lowest BCUT2D eigenvalue weighted by Gasteiger charge is -2.24. The minimum absolute atomic E-state index is 0.0485. The van der Waals surface area contributed by atoms with Crippen molar-refractivity contribution in [1.29, 1.82) is 0 Å². The van der Waals surface area contributed by atoms with Crippen LogP contribution >= 0.6 is 12.6 Å². The van der Waals surface area contributed by atoms with Gasteiger partial charge in [-0.15, -0.1) is 0 Å². The highest BCUT2D eigenvalue weighted by molar-refractivity contribution is 7.80. The van der Waals surface area contributed by atoms with Crippen LogP contribution in [0.15, 0.2) is 12.5 Å². The first-order chi connectivity index (χ1) is 15.9. The van der Waals surface area contributed by atoms with E-state index in [2.05, 4.69) is 38.5 Å². The van der Waals surface area contributed by atoms with Gasteiger partial charge in [-0.1, -0.05) is 0 Å². The summed E-state index contributed by atoms with van der Waals surface area (Å²) >= 11 is 4.02. The molecule has 4 amide bonds. The van der Waals surface area contributed by atoms with Crippen LogP contribution in [-0.2, 0) is 35.2 Å². The average Bonchev–Trinajstić information content (AvgIpc) is 3.27. The molecule has 4 atom stereocenters. The van der Waals surface area contributed by atoms with Gasteiger partial charge >= 0.3 is 11.9 Å². The highest BCUT2D eigenvalue weighted by Crippen LogP contribution is 2.03. The molecule has 1 heterocycles. The van der Waals surface area contributed by atoms with Crippen molar-refractivity contribution in [1.82, 2.24) is 25.9 Å². The minimum Gasteiger partial charge on any atom is -0.481 e. The first kappa shape index (κ1) is 28.4. The summed E-state index contributed by atoms with van der Waals surface area (Å²) in [6, 6.07) is -5.46. The number of aromatic amines is 1. The number of thiol groups is 1. The van der Waals surface area contributed by atoms with Crippen molar-refractivity contribution in [3.63, 3.8) is 0 Å². The van der Waals surface area contributed by atoms with Gasteiger partial charge in [0.25, 0.3) is 0 Å². The second-order valence-electron chi connectivity index (χ2n) is 7.19. The molecule has 0 aliphatic rings. The van der Waals surface area contributed by atoms with Gasteiger partial charge in [0, 0.05) is 30.5 Å². The SMILES string of the molecule is NC(=O)CCC(N)C(=O)NC(CS)C(=O)NC(Cc1cnc[nH]1)C(=O)NC(CC(=O)O)C(=O)O. The fourth-order valence-corrected chi connectivity index (χ4v) is 2.90. The molecule has 0 saturated carbocycles. The van der Waals surface area contributed by atoms with Crippen molar-refractivity contribution in [3.05, 3.63) is 18.2 Å². The number of nitrogens with two attached hydrogens (primary N) is 2. The predicted molar refractivity (Wildman–Crippen MR) is 118 cm³/mol. The summed E-state index contributed by atoms with van der Waals surface area (Å²) in [5, 5.41) is 24.8. The third kappa shape index (κ3) is 9.86. The molecule has 188 valence electrons. The van der Waals surface area contributed by atoms with E-state index in [0.29, 0.717) is 5.69 Å². The fourth-order valence-electron chi connectivity index (χ4n) is 2.65. The Morgan fingerprint density at radius 2 is 1.59 bits per heavy atom. The number of carbonyl (C=O) groups excluding carboxylic acids is 4. The Balaban J connectivity index is 2.93. The molecule has 1 aromatic heterocycles. The monoisotopic (exact) mass is 501 g/mol. The zero-order valence-corrected chi connectivity index (χ0v) is 18.8. The van der Waals surface area contributed by atoms with Crippen LogP contribution in [0.5, 0.6) is 0 Å². The first-order valence-electron chi connectivity index (χ1n) is 9.92. The number of carboxylic acid groups (broad SMARTS) is 2. The molecule has 0 bridgehead atoms. The number of amides is 4. The highest BCUT2D eigenvalue weighted by Gasteiger charge is 2.31. The van der Waals surface area contributed by atoms with E-state index >= 15 is 0 Å². The van der Waals surface area contributed by atoms with Gasteiger partial charge in [0.15, 0.2) is 0 Å². The highest BCUT2D eigenvalue weighted by atomic mass is 32.1. The number of nitrogens with zero attached hydrogens (tertiary/aromatic N) is 1. The lowest BCUT2D eigenvalue weighted by atomic mass is 10.1. The fraction of sp³-hybridized carbons (Fsp3) is 0.500. The van der Waals surface area contributed by atoms with Crippen LogP contribution in [0.1, 0.15) is 25.0 Å². The van der Waals surface area contributed by atoms with Crippen LogP contribution < -0.4 is 27.4 Å². The molecule has 0 spiro atoms. The number of carbonyl (C=O) groups is 6. The van der Waals surface area contributed by atoms with Gasteiger partial charge in [0.05, 0.1) is 18.8 Å². The lowest BCUT2D eigenvalue weighted by Crippen LogP contribution is -2.58. The summed E-state index contributed by atoms with van der Waals surface area (Å²) in [5.74, 6) is -6.43. The van der Waals surface area contributed by atoms with Crippen LogP contribution in [0.25, 0.3) is 0 Å². The Kier molecular flexibility index (Phi) is 11.5. The van der Waals surface area contributed by atoms with Crippen molar-refractivity contribution in [2.75, 3.05) is 5.75 Å². The molecule has 34 heavy (non-hydrogen) atoms. The van der Waals surface area contributed by atoms with Gasteiger partial charge < -0.3 is 42.6 Å². The number of aliphatic carboxylic acids is 2. The smallest absolute Gasteiger partial charge is 0.326 e. The van der Waals surface area contributed by atoms with E-state index < -0.39 is 66.2 Å². The summed E-state index contributed by atoms with van der Waals surface area (Å²) in [6.45, 7) is 0. The van der Waals surface area contributed by atoms with Gasteiger partial charge in [0.2, 0.25) is 23.6 Å². The summed E-state index contributed by atoms with van der Waals surface area (Å²) < 4.78 is 0. The Morgan fingerprint density at radius 1 is 1.00 bits per heavy atom. The van der Waals surface area contributed by atoms with Gasteiger partial charge in [-0.25, -0.2) is 9.78 Å². The van der Waals surface area contributed by atoms with E-state index in [0.717, 1.165) is 0 Å². The van der Waals surface area contributed by atoms with Gasteiger partial charge in [-0.2, -0.15) is 12.6 Å². The maximum Gasteiger partial charge on any atom is 0.326 e. The molecule has 1 aromatic rings. The number of primary amides is 1. The Hall–Kier alpha value is -3.66. The van der Waals surface area contributed by atoms with Crippen LogP contribution in [-0.4, -0.2) is 85.7 Å². The van der Waals surface area contributed by atoms with Crippen LogP contribution in [0.3, 0.4) is 0 Å². The number of hydrogen-bond donors (Lipinski definition) is 9. The van der Waals surface area contributed by atoms with Gasteiger partial charge in [0.1, 0.15) is 18.1 Å². The van der Waals surface area contributed by atoms with E-state index in [9.17, 15) is 28.8 Å². The van der Waals surface area contributed by atoms with E-state index in [4.69, 9.17) is 21.7 Å². The third-order valence-corrected chi connectivity index (χ3v) is 4.82. The largest absolute Gasteiger partial charge is 0.481 e. The van der Waals surface area contributed by atoms with E-state index in [1.54, 1.807) is 0 Å². The Labute approximate surface area is 198 Å². The van der Waals surface area contributed by atoms with E-state index in [1.165, 1.54) is 12.5 Å². The molecule has 0 aliphatic heterocycles. The topological polar surface area (TPSA) is 260 Å². The number of H-pyrrole nitrogens is 1. The molecule has 10 N–H and O–H groups in total. The van der Waals surface area contributed by atoms with Crippen LogP contribution in [0.2, 0.25) is 0 Å². The number of nitrogens with one attached hydrogen (secondary N) is 4. The molecule has 0 radical (unpaired) electrons. The maximum absolute atomic E-state index is 12.7. The molecule has 4 unspecified atom stereocenters. The summed E-state index contributed by atoms with van der Waals surface area (Å²) in [5.41, 5.74) is 11.1. The average molecular weight is 502 g/mol. The minimum atomic E-state index is -1.74. The molecule has 0 aromatic carbocycles. The molecule has 0 aliphatic carbocycles. The molecular formula is C18H27N7O8S. The second kappa shape index (κ2) is 13.8. The summed E-state index contributed by atoms with van der Waals surface area (Å²) in [4.78, 5) is 77.2. The molecule has 15 nitrogen and oxygen atoms in total. The molecule has 16 heteroatoms. The van der Waals surface area contributed by atoms with Gasteiger partial charge in [-0.3, -0.25) is 24.0 Å². The lowest BCUT2D eigenvalue weighted by molar-refractivity contribution is -0.147. The zero-order valence-electron chi connectivity index (χ0n) is 17.9. The normalized spacial score (nSPS) is 14.2. The van der Waals surface area contributed by atoms with Crippen LogP contribution in [0.4, 0.5) is 0 Å². The second-order valence-corrected chi connectivity index (χ2v) is 7.56. The number of rotatable bonds is 15. The standard InChI is InChI=1S/C18H27N7O8S/c19-9(1-2-13(20)26)15(29)25-12(6-34)17(31)23-10(3-8-5-21-7-22-8)16(30)24-11(18(32)33)4-14(27)28/h5,7,9-12,34H,1-4,6,19H2,(H2,20,26)(H,21,22)(H,23,31)(H,24,30)(H,25,29)(H,27,28)(H,32,33). The van der Waals surface area contributed by atoms with Gasteiger partial charge in [-0.05, 0) is 6.42 Å². The molecule has 0 saturated heterocycles. The third-order valence-electron chi connectivity index (χ3n) is 4.46. The summed E-state index contributed by atoms with van der Waals surface area (Å²) in [7, 11) is 0.